The van der Waals surface area contributed by atoms with Crippen molar-refractivity contribution in [2.75, 3.05) is 11.9 Å². The normalized spacial score (nSPS) is 9.83. The van der Waals surface area contributed by atoms with Gasteiger partial charge in [0.1, 0.15) is 5.15 Å². The molecule has 0 aliphatic carbocycles. The van der Waals surface area contributed by atoms with Crippen molar-refractivity contribution in [1.29, 1.82) is 5.26 Å². The minimum Gasteiger partial charge on any atom is -0.370 e. The zero-order valence-corrected chi connectivity index (χ0v) is 10.7. The molecule has 4 heteroatoms. The van der Waals surface area contributed by atoms with Gasteiger partial charge in [0.05, 0.1) is 11.6 Å². The van der Waals surface area contributed by atoms with Crippen molar-refractivity contribution in [3.8, 4) is 6.07 Å². The summed E-state index contributed by atoms with van der Waals surface area (Å²) in [5, 5.41) is 9.39. The molecule has 0 bridgehead atoms. The van der Waals surface area contributed by atoms with Crippen molar-refractivity contribution in [3.63, 3.8) is 0 Å². The van der Waals surface area contributed by atoms with E-state index in [-0.39, 0.29) is 0 Å². The Labute approximate surface area is 111 Å². The minimum absolute atomic E-state index is 0.515. The summed E-state index contributed by atoms with van der Waals surface area (Å²) in [6.07, 6.45) is 1.67. The van der Waals surface area contributed by atoms with E-state index in [0.29, 0.717) is 17.3 Å². The molecule has 0 atom stereocenters. The summed E-state index contributed by atoms with van der Waals surface area (Å²) in [7, 11) is 1.96. The Kier molecular flexibility index (Phi) is 3.81. The molecule has 0 saturated heterocycles. The highest BCUT2D eigenvalue weighted by Gasteiger charge is 2.06. The summed E-state index contributed by atoms with van der Waals surface area (Å²) in [6.45, 7) is 0.654. The molecule has 0 fully saturated rings. The van der Waals surface area contributed by atoms with Crippen molar-refractivity contribution in [1.82, 2.24) is 4.98 Å². The van der Waals surface area contributed by atoms with Crippen LogP contribution in [0.15, 0.2) is 42.6 Å². The van der Waals surface area contributed by atoms with Crippen molar-refractivity contribution in [2.24, 2.45) is 0 Å². The van der Waals surface area contributed by atoms with Gasteiger partial charge < -0.3 is 4.90 Å². The second-order valence-electron chi connectivity index (χ2n) is 3.97. The van der Waals surface area contributed by atoms with Gasteiger partial charge in [-0.1, -0.05) is 23.7 Å². The molecule has 2 aromatic rings. The zero-order valence-electron chi connectivity index (χ0n) is 9.97. The van der Waals surface area contributed by atoms with E-state index in [4.69, 9.17) is 16.9 Å². The van der Waals surface area contributed by atoms with E-state index < -0.39 is 0 Å². The highest BCUT2D eigenvalue weighted by molar-refractivity contribution is 6.30. The lowest BCUT2D eigenvalue weighted by molar-refractivity contribution is 0.915. The Hall–Kier alpha value is -2.05. The van der Waals surface area contributed by atoms with Crippen molar-refractivity contribution >= 4 is 17.3 Å². The number of hydrogen-bond acceptors (Lipinski definition) is 3. The quantitative estimate of drug-likeness (QED) is 0.793. The number of nitrogens with zero attached hydrogens (tertiary/aromatic N) is 3. The molecule has 0 saturated carbocycles. The third kappa shape index (κ3) is 2.79. The van der Waals surface area contributed by atoms with E-state index in [2.05, 4.69) is 11.1 Å². The molecule has 1 aromatic heterocycles. The molecule has 2 rings (SSSR count). The molecule has 0 aliphatic heterocycles. The molecule has 1 aromatic carbocycles. The van der Waals surface area contributed by atoms with Gasteiger partial charge in [-0.05, 0) is 24.3 Å². The van der Waals surface area contributed by atoms with Crippen LogP contribution < -0.4 is 4.90 Å². The SMILES string of the molecule is CN(Cc1cccnc1Cl)c1cccc(C#N)c1. The van der Waals surface area contributed by atoms with Gasteiger partial charge in [0.25, 0.3) is 0 Å². The Morgan fingerprint density at radius 3 is 2.89 bits per heavy atom. The number of rotatable bonds is 3. The number of pyridine rings is 1. The molecule has 0 unspecified atom stereocenters. The molecular formula is C14H12ClN3. The highest BCUT2D eigenvalue weighted by atomic mass is 35.5. The van der Waals surface area contributed by atoms with Gasteiger partial charge >= 0.3 is 0 Å². The standard InChI is InChI=1S/C14H12ClN3/c1-18(10-12-5-3-7-17-14(12)15)13-6-2-4-11(8-13)9-16/h2-8H,10H2,1H3. The first-order valence-electron chi connectivity index (χ1n) is 5.51. The third-order valence-electron chi connectivity index (χ3n) is 2.66. The van der Waals surface area contributed by atoms with Gasteiger partial charge in [-0.3, -0.25) is 0 Å². The Bertz CT molecular complexity index is 590. The Balaban J connectivity index is 2.20. The van der Waals surface area contributed by atoms with Gasteiger partial charge in [0.15, 0.2) is 0 Å². The Morgan fingerprint density at radius 1 is 1.33 bits per heavy atom. The van der Waals surface area contributed by atoms with Crippen molar-refractivity contribution in [2.45, 2.75) is 6.54 Å². The molecule has 0 N–H and O–H groups in total. The van der Waals surface area contributed by atoms with Gasteiger partial charge in [0.2, 0.25) is 0 Å². The van der Waals surface area contributed by atoms with Gasteiger partial charge in [-0.15, -0.1) is 0 Å². The molecule has 1 heterocycles. The fraction of sp³-hybridized carbons (Fsp3) is 0.143. The lowest BCUT2D eigenvalue weighted by Gasteiger charge is -2.19. The molecule has 0 spiro atoms. The summed E-state index contributed by atoms with van der Waals surface area (Å²) in [5.41, 5.74) is 2.59. The largest absolute Gasteiger partial charge is 0.370 e. The lowest BCUT2D eigenvalue weighted by Crippen LogP contribution is -2.16. The highest BCUT2D eigenvalue weighted by Crippen LogP contribution is 2.19. The second-order valence-corrected chi connectivity index (χ2v) is 4.33. The van der Waals surface area contributed by atoms with E-state index in [9.17, 15) is 0 Å². The first-order valence-corrected chi connectivity index (χ1v) is 5.89. The summed E-state index contributed by atoms with van der Waals surface area (Å²) < 4.78 is 0. The van der Waals surface area contributed by atoms with Crippen molar-refractivity contribution in [3.05, 3.63) is 58.9 Å². The average molecular weight is 258 g/mol. The molecule has 0 aliphatic rings. The first-order chi connectivity index (χ1) is 8.70. The molecule has 3 nitrogen and oxygen atoms in total. The topological polar surface area (TPSA) is 39.9 Å². The first kappa shape index (κ1) is 12.4. The number of halogens is 1. The zero-order chi connectivity index (χ0) is 13.0. The number of nitriles is 1. The summed E-state index contributed by atoms with van der Waals surface area (Å²) in [5.74, 6) is 0. The smallest absolute Gasteiger partial charge is 0.133 e. The van der Waals surface area contributed by atoms with E-state index in [1.54, 1.807) is 12.3 Å². The Morgan fingerprint density at radius 2 is 2.17 bits per heavy atom. The van der Waals surface area contributed by atoms with Crippen LogP contribution in [-0.2, 0) is 6.54 Å². The fourth-order valence-corrected chi connectivity index (χ4v) is 1.88. The van der Waals surface area contributed by atoms with E-state index in [0.717, 1.165) is 11.3 Å². The molecular weight excluding hydrogens is 246 g/mol. The monoisotopic (exact) mass is 257 g/mol. The molecule has 0 amide bonds. The number of anilines is 1. The predicted octanol–water partition coefficient (Wildman–Crippen LogP) is 3.24. The van der Waals surface area contributed by atoms with E-state index in [1.807, 2.05) is 42.3 Å². The van der Waals surface area contributed by atoms with Gasteiger partial charge in [-0.25, -0.2) is 4.98 Å². The minimum atomic E-state index is 0.515. The van der Waals surface area contributed by atoms with E-state index in [1.165, 1.54) is 0 Å². The maximum atomic E-state index is 8.88. The number of aromatic nitrogens is 1. The van der Waals surface area contributed by atoms with Gasteiger partial charge in [0, 0.05) is 31.0 Å². The summed E-state index contributed by atoms with van der Waals surface area (Å²) >= 11 is 6.02. The number of hydrogen-bond donors (Lipinski definition) is 0. The van der Waals surface area contributed by atoms with Crippen LogP contribution in [0.5, 0.6) is 0 Å². The van der Waals surface area contributed by atoms with Crippen molar-refractivity contribution < 1.29 is 0 Å². The van der Waals surface area contributed by atoms with E-state index >= 15 is 0 Å². The maximum absolute atomic E-state index is 8.88. The van der Waals surface area contributed by atoms with Crippen LogP contribution in [-0.4, -0.2) is 12.0 Å². The predicted molar refractivity (Wildman–Crippen MR) is 72.5 cm³/mol. The summed E-state index contributed by atoms with van der Waals surface area (Å²) in [6, 6.07) is 13.4. The molecule has 90 valence electrons. The van der Waals surface area contributed by atoms with Crippen LogP contribution in [0.2, 0.25) is 5.15 Å². The average Bonchev–Trinajstić information content (AvgIpc) is 2.41. The second kappa shape index (κ2) is 5.52. The maximum Gasteiger partial charge on any atom is 0.133 e. The van der Waals surface area contributed by atoms with Crippen LogP contribution in [0.25, 0.3) is 0 Å². The van der Waals surface area contributed by atoms with Crippen LogP contribution in [0.3, 0.4) is 0 Å². The van der Waals surface area contributed by atoms with Crippen LogP contribution in [0.4, 0.5) is 5.69 Å². The molecule has 0 radical (unpaired) electrons. The summed E-state index contributed by atoms with van der Waals surface area (Å²) in [4.78, 5) is 6.08. The van der Waals surface area contributed by atoms with Crippen LogP contribution in [0, 0.1) is 11.3 Å². The number of benzene rings is 1. The molecule has 18 heavy (non-hydrogen) atoms. The van der Waals surface area contributed by atoms with Crippen LogP contribution >= 0.6 is 11.6 Å². The van der Waals surface area contributed by atoms with Gasteiger partial charge in [-0.2, -0.15) is 5.26 Å². The third-order valence-corrected chi connectivity index (χ3v) is 3.00. The fourth-order valence-electron chi connectivity index (χ4n) is 1.70. The lowest BCUT2D eigenvalue weighted by atomic mass is 10.2. The van der Waals surface area contributed by atoms with Crippen LogP contribution in [0.1, 0.15) is 11.1 Å².